The highest BCUT2D eigenvalue weighted by Gasteiger charge is 2.21. The third kappa shape index (κ3) is 6.87. The summed E-state index contributed by atoms with van der Waals surface area (Å²) in [6, 6.07) is 3.16. The van der Waals surface area contributed by atoms with Gasteiger partial charge in [-0.1, -0.05) is 25.9 Å². The number of hydrogen-bond acceptors (Lipinski definition) is 9. The Balaban J connectivity index is 1.79. The fourth-order valence-electron chi connectivity index (χ4n) is 2.61. The minimum absolute atomic E-state index is 0.130. The third-order valence-electron chi connectivity index (χ3n) is 4.22. The molecule has 10 heteroatoms. The number of amides is 1. The van der Waals surface area contributed by atoms with Crippen molar-refractivity contribution >= 4 is 17.6 Å². The van der Waals surface area contributed by atoms with Crippen LogP contribution in [0.25, 0.3) is 0 Å². The fraction of sp³-hybridized carbons (Fsp3) is 0.524. The topological polar surface area (TPSA) is 122 Å². The lowest BCUT2D eigenvalue weighted by molar-refractivity contribution is -0.147. The first-order valence-corrected chi connectivity index (χ1v) is 9.76. The van der Waals surface area contributed by atoms with Crippen molar-refractivity contribution in [2.45, 2.75) is 45.4 Å². The van der Waals surface area contributed by atoms with Crippen molar-refractivity contribution in [3.8, 4) is 17.2 Å². The van der Waals surface area contributed by atoms with Crippen LogP contribution in [0.4, 0.5) is 5.69 Å². The molecule has 0 bridgehead atoms. The number of methoxy groups -OCH3 is 3. The van der Waals surface area contributed by atoms with Gasteiger partial charge in [-0.05, 0) is 6.42 Å². The van der Waals surface area contributed by atoms with Crippen LogP contribution in [0.15, 0.2) is 16.7 Å². The zero-order valence-electron chi connectivity index (χ0n) is 18.7. The Kier molecular flexibility index (Phi) is 8.23. The number of benzene rings is 1. The zero-order valence-corrected chi connectivity index (χ0v) is 18.7. The molecule has 0 saturated carbocycles. The fourth-order valence-corrected chi connectivity index (χ4v) is 2.61. The number of esters is 1. The molecule has 0 aliphatic carbocycles. The molecule has 0 unspecified atom stereocenters. The SMILES string of the molecule is COc1cc(NC(=O)COC(=O)CCCc2nc(C(C)(C)C)no2)cc(OC)c1OC. The number of nitrogens with one attached hydrogen (secondary N) is 1. The molecule has 1 aromatic carbocycles. The molecule has 0 atom stereocenters. The van der Waals surface area contributed by atoms with Crippen molar-refractivity contribution in [1.29, 1.82) is 0 Å². The summed E-state index contributed by atoms with van der Waals surface area (Å²) in [5.74, 6) is 1.30. The number of carbonyl (C=O) groups is 2. The van der Waals surface area contributed by atoms with E-state index in [-0.39, 0.29) is 11.8 Å². The monoisotopic (exact) mass is 435 g/mol. The lowest BCUT2D eigenvalue weighted by Gasteiger charge is -2.14. The summed E-state index contributed by atoms with van der Waals surface area (Å²) in [6.45, 7) is 5.55. The van der Waals surface area contributed by atoms with E-state index in [1.54, 1.807) is 12.1 Å². The highest BCUT2D eigenvalue weighted by molar-refractivity contribution is 5.93. The van der Waals surface area contributed by atoms with Crippen molar-refractivity contribution in [2.24, 2.45) is 0 Å². The Morgan fingerprint density at radius 2 is 1.71 bits per heavy atom. The molecular formula is C21H29N3O7. The molecule has 1 heterocycles. The number of carbonyl (C=O) groups excluding carboxylic acids is 2. The summed E-state index contributed by atoms with van der Waals surface area (Å²) < 4.78 is 25.9. The van der Waals surface area contributed by atoms with Crippen LogP contribution in [0.2, 0.25) is 0 Å². The summed E-state index contributed by atoms with van der Waals surface area (Å²) in [5, 5.41) is 6.57. The van der Waals surface area contributed by atoms with Gasteiger partial charge in [-0.15, -0.1) is 0 Å². The van der Waals surface area contributed by atoms with Gasteiger partial charge in [-0.2, -0.15) is 4.98 Å². The van der Waals surface area contributed by atoms with Crippen molar-refractivity contribution in [3.05, 3.63) is 23.8 Å². The van der Waals surface area contributed by atoms with Crippen molar-refractivity contribution in [2.75, 3.05) is 33.3 Å². The molecule has 2 aromatic rings. The van der Waals surface area contributed by atoms with Gasteiger partial charge in [-0.3, -0.25) is 9.59 Å². The highest BCUT2D eigenvalue weighted by atomic mass is 16.5. The molecule has 0 spiro atoms. The van der Waals surface area contributed by atoms with E-state index in [1.807, 2.05) is 20.8 Å². The van der Waals surface area contributed by atoms with E-state index >= 15 is 0 Å². The van der Waals surface area contributed by atoms with Gasteiger partial charge in [0.05, 0.1) is 21.3 Å². The number of aromatic nitrogens is 2. The van der Waals surface area contributed by atoms with Crippen LogP contribution in [0, 0.1) is 0 Å². The van der Waals surface area contributed by atoms with Gasteiger partial charge in [0, 0.05) is 36.1 Å². The minimum Gasteiger partial charge on any atom is -0.493 e. The van der Waals surface area contributed by atoms with E-state index in [1.165, 1.54) is 21.3 Å². The summed E-state index contributed by atoms with van der Waals surface area (Å²) in [6.07, 6.45) is 1.06. The number of hydrogen-bond donors (Lipinski definition) is 1. The maximum Gasteiger partial charge on any atom is 0.306 e. The molecule has 0 saturated heterocycles. The van der Waals surface area contributed by atoms with Crippen LogP contribution in [-0.4, -0.2) is 50.0 Å². The number of anilines is 1. The van der Waals surface area contributed by atoms with Gasteiger partial charge >= 0.3 is 5.97 Å². The second kappa shape index (κ2) is 10.6. The number of ether oxygens (including phenoxy) is 4. The molecule has 1 amide bonds. The Hall–Kier alpha value is -3.30. The van der Waals surface area contributed by atoms with Gasteiger partial charge in [0.15, 0.2) is 23.9 Å². The van der Waals surface area contributed by atoms with Gasteiger partial charge in [0.1, 0.15) is 0 Å². The van der Waals surface area contributed by atoms with Gasteiger partial charge in [0.2, 0.25) is 11.6 Å². The van der Waals surface area contributed by atoms with E-state index in [2.05, 4.69) is 15.5 Å². The molecular weight excluding hydrogens is 406 g/mol. The molecule has 2 rings (SSSR count). The van der Waals surface area contributed by atoms with E-state index in [0.717, 1.165) is 0 Å². The largest absolute Gasteiger partial charge is 0.493 e. The van der Waals surface area contributed by atoms with Gasteiger partial charge in [0.25, 0.3) is 5.91 Å². The van der Waals surface area contributed by atoms with Crippen molar-refractivity contribution in [1.82, 2.24) is 10.1 Å². The predicted octanol–water partition coefficient (Wildman–Crippen LogP) is 2.90. The van der Waals surface area contributed by atoms with Crippen LogP contribution >= 0.6 is 0 Å². The Labute approximate surface area is 181 Å². The van der Waals surface area contributed by atoms with Crippen LogP contribution in [-0.2, 0) is 26.2 Å². The van der Waals surface area contributed by atoms with E-state index in [0.29, 0.717) is 47.5 Å². The zero-order chi connectivity index (χ0) is 23.0. The summed E-state index contributed by atoms with van der Waals surface area (Å²) in [5.41, 5.74) is 0.216. The van der Waals surface area contributed by atoms with Gasteiger partial charge in [-0.25, -0.2) is 0 Å². The van der Waals surface area contributed by atoms with Crippen LogP contribution in [0.5, 0.6) is 17.2 Å². The molecule has 170 valence electrons. The average molecular weight is 435 g/mol. The number of aryl methyl sites for hydroxylation is 1. The normalized spacial score (nSPS) is 11.0. The molecule has 0 radical (unpaired) electrons. The standard InChI is InChI=1S/C21H29N3O7/c1-21(2,3)20-23-17(31-24-20)8-7-9-18(26)30-12-16(25)22-13-10-14(27-4)19(29-6)15(11-13)28-5/h10-11H,7-9,12H2,1-6H3,(H,22,25). The average Bonchev–Trinajstić information content (AvgIpc) is 3.21. The quantitative estimate of drug-likeness (QED) is 0.561. The van der Waals surface area contributed by atoms with Gasteiger partial charge < -0.3 is 28.8 Å². The molecule has 31 heavy (non-hydrogen) atoms. The maximum atomic E-state index is 12.1. The Bertz CT molecular complexity index is 878. The first-order valence-electron chi connectivity index (χ1n) is 9.76. The number of nitrogens with zero attached hydrogens (tertiary/aromatic N) is 2. The minimum atomic E-state index is -0.491. The third-order valence-corrected chi connectivity index (χ3v) is 4.22. The van der Waals surface area contributed by atoms with Crippen LogP contribution in [0.3, 0.4) is 0 Å². The lowest BCUT2D eigenvalue weighted by Crippen LogP contribution is -2.21. The Morgan fingerprint density at radius 1 is 1.06 bits per heavy atom. The molecule has 0 aliphatic heterocycles. The van der Waals surface area contributed by atoms with E-state index in [9.17, 15) is 9.59 Å². The first kappa shape index (κ1) is 24.0. The maximum absolute atomic E-state index is 12.1. The molecule has 1 N–H and O–H groups in total. The molecule has 1 aromatic heterocycles. The molecule has 0 aliphatic rings. The second-order valence-electron chi connectivity index (χ2n) is 7.74. The van der Waals surface area contributed by atoms with E-state index in [4.69, 9.17) is 23.5 Å². The summed E-state index contributed by atoms with van der Waals surface area (Å²) >= 11 is 0. The summed E-state index contributed by atoms with van der Waals surface area (Å²) in [4.78, 5) is 28.4. The number of rotatable bonds is 10. The first-order chi connectivity index (χ1) is 14.7. The van der Waals surface area contributed by atoms with Crippen LogP contribution in [0.1, 0.15) is 45.3 Å². The van der Waals surface area contributed by atoms with Crippen LogP contribution < -0.4 is 19.5 Å². The summed E-state index contributed by atoms with van der Waals surface area (Å²) in [7, 11) is 4.44. The smallest absolute Gasteiger partial charge is 0.306 e. The lowest BCUT2D eigenvalue weighted by atomic mass is 9.96. The molecule has 0 fully saturated rings. The van der Waals surface area contributed by atoms with E-state index < -0.39 is 18.5 Å². The Morgan fingerprint density at radius 3 is 2.23 bits per heavy atom. The second-order valence-corrected chi connectivity index (χ2v) is 7.74. The molecule has 10 nitrogen and oxygen atoms in total. The van der Waals surface area contributed by atoms with Crippen molar-refractivity contribution < 1.29 is 33.1 Å². The highest BCUT2D eigenvalue weighted by Crippen LogP contribution is 2.39. The predicted molar refractivity (Wildman–Crippen MR) is 112 cm³/mol. The van der Waals surface area contributed by atoms with Crippen molar-refractivity contribution in [3.63, 3.8) is 0 Å².